The summed E-state index contributed by atoms with van der Waals surface area (Å²) in [5.74, 6) is 0.990. The highest BCUT2D eigenvalue weighted by Gasteiger charge is 2.20. The lowest BCUT2D eigenvalue weighted by molar-refractivity contribution is -0.0498. The van der Waals surface area contributed by atoms with Crippen molar-refractivity contribution in [2.45, 2.75) is 51.8 Å². The van der Waals surface area contributed by atoms with Crippen molar-refractivity contribution in [3.8, 4) is 5.75 Å². The minimum atomic E-state index is -2.76. The highest BCUT2D eigenvalue weighted by Crippen LogP contribution is 2.27. The molecular formula is C15H21F2NO. The maximum Gasteiger partial charge on any atom is 0.387 e. The molecule has 0 bridgehead atoms. The molecule has 2 rings (SSSR count). The van der Waals surface area contributed by atoms with E-state index in [-0.39, 0.29) is 5.75 Å². The van der Waals surface area contributed by atoms with Gasteiger partial charge in [0, 0.05) is 12.6 Å². The standard InChI is InChI=1S/C15H21F2NO/c1-11(13-4-2-3-5-13)18-10-12-6-8-14(9-7-12)19-15(16)17/h6-9,11,13,15,18H,2-5,10H2,1H3/t11-/m1/s1. The van der Waals surface area contributed by atoms with Crippen LogP contribution in [0, 0.1) is 5.92 Å². The van der Waals surface area contributed by atoms with E-state index in [2.05, 4.69) is 17.0 Å². The molecule has 1 saturated carbocycles. The molecule has 0 radical (unpaired) electrons. The summed E-state index contributed by atoms with van der Waals surface area (Å²) in [7, 11) is 0. The number of nitrogens with one attached hydrogen (secondary N) is 1. The lowest BCUT2D eigenvalue weighted by Gasteiger charge is -2.20. The zero-order valence-corrected chi connectivity index (χ0v) is 11.2. The second kappa shape index (κ2) is 6.85. The third-order valence-corrected chi connectivity index (χ3v) is 3.88. The fourth-order valence-electron chi connectivity index (χ4n) is 2.69. The highest BCUT2D eigenvalue weighted by molar-refractivity contribution is 5.27. The molecule has 0 spiro atoms. The molecule has 2 nitrogen and oxygen atoms in total. The maximum absolute atomic E-state index is 12.0. The Morgan fingerprint density at radius 2 is 1.84 bits per heavy atom. The predicted molar refractivity (Wildman–Crippen MR) is 71.3 cm³/mol. The average Bonchev–Trinajstić information content (AvgIpc) is 2.91. The van der Waals surface area contributed by atoms with E-state index in [1.165, 1.54) is 25.7 Å². The molecule has 0 saturated heterocycles. The van der Waals surface area contributed by atoms with E-state index < -0.39 is 6.61 Å². The van der Waals surface area contributed by atoms with Gasteiger partial charge in [-0.15, -0.1) is 0 Å². The van der Waals surface area contributed by atoms with Gasteiger partial charge in [0.25, 0.3) is 0 Å². The first-order chi connectivity index (χ1) is 9.15. The Morgan fingerprint density at radius 1 is 1.21 bits per heavy atom. The van der Waals surface area contributed by atoms with Crippen molar-refractivity contribution in [1.29, 1.82) is 0 Å². The van der Waals surface area contributed by atoms with Crippen LogP contribution in [0.25, 0.3) is 0 Å². The van der Waals surface area contributed by atoms with Gasteiger partial charge in [0.15, 0.2) is 0 Å². The lowest BCUT2D eigenvalue weighted by Crippen LogP contribution is -2.31. The average molecular weight is 269 g/mol. The van der Waals surface area contributed by atoms with Crippen LogP contribution in [0.5, 0.6) is 5.75 Å². The van der Waals surface area contributed by atoms with Gasteiger partial charge in [0.05, 0.1) is 0 Å². The van der Waals surface area contributed by atoms with Crippen LogP contribution in [0.1, 0.15) is 38.2 Å². The van der Waals surface area contributed by atoms with E-state index in [1.54, 1.807) is 12.1 Å². The van der Waals surface area contributed by atoms with E-state index in [4.69, 9.17) is 0 Å². The van der Waals surface area contributed by atoms with Crippen LogP contribution in [0.2, 0.25) is 0 Å². The van der Waals surface area contributed by atoms with Gasteiger partial charge in [-0.2, -0.15) is 8.78 Å². The molecule has 1 aromatic carbocycles. The molecule has 1 atom stereocenters. The van der Waals surface area contributed by atoms with Gasteiger partial charge in [0.2, 0.25) is 0 Å². The summed E-state index contributed by atoms with van der Waals surface area (Å²) >= 11 is 0. The highest BCUT2D eigenvalue weighted by atomic mass is 19.3. The molecule has 19 heavy (non-hydrogen) atoms. The molecule has 1 aromatic rings. The van der Waals surface area contributed by atoms with Crippen molar-refractivity contribution in [1.82, 2.24) is 5.32 Å². The Kier molecular flexibility index (Phi) is 5.14. The Labute approximate surface area is 113 Å². The van der Waals surface area contributed by atoms with Crippen molar-refractivity contribution in [3.05, 3.63) is 29.8 Å². The molecule has 0 unspecified atom stereocenters. The molecule has 1 fully saturated rings. The maximum atomic E-state index is 12.0. The number of alkyl halides is 2. The van der Waals surface area contributed by atoms with Gasteiger partial charge in [-0.05, 0) is 43.4 Å². The van der Waals surface area contributed by atoms with Gasteiger partial charge in [-0.25, -0.2) is 0 Å². The zero-order valence-electron chi connectivity index (χ0n) is 11.2. The Morgan fingerprint density at radius 3 is 2.42 bits per heavy atom. The Hall–Kier alpha value is -1.16. The van der Waals surface area contributed by atoms with Crippen LogP contribution >= 0.6 is 0 Å². The second-order valence-electron chi connectivity index (χ2n) is 5.24. The second-order valence-corrected chi connectivity index (χ2v) is 5.24. The van der Waals surface area contributed by atoms with Gasteiger partial charge < -0.3 is 10.1 Å². The smallest absolute Gasteiger partial charge is 0.387 e. The molecule has 0 heterocycles. The largest absolute Gasteiger partial charge is 0.435 e. The quantitative estimate of drug-likeness (QED) is 0.844. The number of hydrogen-bond acceptors (Lipinski definition) is 2. The summed E-state index contributed by atoms with van der Waals surface area (Å²) in [4.78, 5) is 0. The Bertz CT molecular complexity index is 374. The van der Waals surface area contributed by atoms with Gasteiger partial charge in [-0.3, -0.25) is 0 Å². The molecule has 0 aromatic heterocycles. The van der Waals surface area contributed by atoms with Crippen molar-refractivity contribution in [2.24, 2.45) is 5.92 Å². The third kappa shape index (κ3) is 4.46. The SMILES string of the molecule is C[C@@H](NCc1ccc(OC(F)F)cc1)C1CCCC1. The van der Waals surface area contributed by atoms with Crippen LogP contribution < -0.4 is 10.1 Å². The van der Waals surface area contributed by atoms with E-state index >= 15 is 0 Å². The lowest BCUT2D eigenvalue weighted by atomic mass is 9.99. The number of benzene rings is 1. The van der Waals surface area contributed by atoms with Crippen LogP contribution in [0.15, 0.2) is 24.3 Å². The fraction of sp³-hybridized carbons (Fsp3) is 0.600. The first-order valence-electron chi connectivity index (χ1n) is 6.92. The molecule has 0 aliphatic heterocycles. The fourth-order valence-corrected chi connectivity index (χ4v) is 2.69. The van der Waals surface area contributed by atoms with Gasteiger partial charge in [0.1, 0.15) is 5.75 Å². The topological polar surface area (TPSA) is 21.3 Å². The van der Waals surface area contributed by atoms with Crippen molar-refractivity contribution in [2.75, 3.05) is 0 Å². The van der Waals surface area contributed by atoms with Crippen LogP contribution in [0.4, 0.5) is 8.78 Å². The normalized spacial score (nSPS) is 17.9. The third-order valence-electron chi connectivity index (χ3n) is 3.88. The summed E-state index contributed by atoms with van der Waals surface area (Å²) in [6.07, 6.45) is 5.32. The van der Waals surface area contributed by atoms with Crippen molar-refractivity contribution < 1.29 is 13.5 Å². The van der Waals surface area contributed by atoms with E-state index in [0.717, 1.165) is 18.0 Å². The minimum absolute atomic E-state index is 0.211. The van der Waals surface area contributed by atoms with Gasteiger partial charge >= 0.3 is 6.61 Å². The van der Waals surface area contributed by atoms with Crippen molar-refractivity contribution in [3.63, 3.8) is 0 Å². The van der Waals surface area contributed by atoms with E-state index in [9.17, 15) is 8.78 Å². The molecular weight excluding hydrogens is 248 g/mol. The van der Waals surface area contributed by atoms with Crippen molar-refractivity contribution >= 4 is 0 Å². The Balaban J connectivity index is 1.79. The summed E-state index contributed by atoms with van der Waals surface area (Å²) in [5, 5.41) is 3.51. The molecule has 4 heteroatoms. The number of halogens is 2. The number of ether oxygens (including phenoxy) is 1. The predicted octanol–water partition coefficient (Wildman–Crippen LogP) is 3.96. The first kappa shape index (κ1) is 14.3. The summed E-state index contributed by atoms with van der Waals surface area (Å²) in [6.45, 7) is 0.239. The van der Waals surface area contributed by atoms with Crippen LogP contribution in [-0.2, 0) is 6.54 Å². The molecule has 1 aliphatic carbocycles. The number of rotatable bonds is 6. The molecule has 1 N–H and O–H groups in total. The van der Waals surface area contributed by atoms with Crippen LogP contribution in [0.3, 0.4) is 0 Å². The minimum Gasteiger partial charge on any atom is -0.435 e. The monoisotopic (exact) mass is 269 g/mol. The molecule has 1 aliphatic rings. The summed E-state index contributed by atoms with van der Waals surface area (Å²) in [6, 6.07) is 7.34. The summed E-state index contributed by atoms with van der Waals surface area (Å²) in [5.41, 5.74) is 1.09. The summed E-state index contributed by atoms with van der Waals surface area (Å²) < 4.78 is 28.3. The molecule has 106 valence electrons. The van der Waals surface area contributed by atoms with E-state index in [0.29, 0.717) is 6.04 Å². The molecule has 0 amide bonds. The van der Waals surface area contributed by atoms with Gasteiger partial charge in [-0.1, -0.05) is 25.0 Å². The van der Waals surface area contributed by atoms with E-state index in [1.807, 2.05) is 12.1 Å². The first-order valence-corrected chi connectivity index (χ1v) is 6.92. The zero-order chi connectivity index (χ0) is 13.7. The van der Waals surface area contributed by atoms with Crippen LogP contribution in [-0.4, -0.2) is 12.7 Å². The number of hydrogen-bond donors (Lipinski definition) is 1.